The van der Waals surface area contributed by atoms with Crippen molar-refractivity contribution in [1.82, 2.24) is 0 Å². The van der Waals surface area contributed by atoms with Crippen molar-refractivity contribution < 1.29 is 4.42 Å². The minimum atomic E-state index is -0.0839. The molecule has 0 N–H and O–H groups in total. The molecule has 0 bridgehead atoms. The molecule has 9 heteroatoms. The van der Waals surface area contributed by atoms with Crippen LogP contribution in [0.2, 0.25) is 0 Å². The number of furan rings is 1. The zero-order valence-corrected chi connectivity index (χ0v) is 34.3. The van der Waals surface area contributed by atoms with E-state index in [-0.39, 0.29) is 5.41 Å². The maximum absolute atomic E-state index is 6.17. The molecule has 1 heterocycles. The quantitative estimate of drug-likeness (QED) is 0.175. The maximum atomic E-state index is 6.17. The lowest BCUT2D eigenvalue weighted by atomic mass is 9.59. The normalized spacial score (nSPS) is 13.2. The number of hydrogen-bond acceptors (Lipinski definition) is 1. The van der Waals surface area contributed by atoms with E-state index in [1.54, 1.807) is 0 Å². The molecule has 0 unspecified atom stereocenters. The van der Waals surface area contributed by atoms with Gasteiger partial charge >= 0.3 is 0 Å². The van der Waals surface area contributed by atoms with Crippen molar-refractivity contribution in [3.05, 3.63) is 120 Å². The van der Waals surface area contributed by atoms with Gasteiger partial charge in [0.2, 0.25) is 0 Å². The molecule has 0 atom stereocenters. The van der Waals surface area contributed by atoms with E-state index < -0.39 is 0 Å². The van der Waals surface area contributed by atoms with Gasteiger partial charge in [0.15, 0.2) is 0 Å². The Labute approximate surface area is 336 Å². The van der Waals surface area contributed by atoms with Gasteiger partial charge in [-0.05, 0) is 95.4 Å². The van der Waals surface area contributed by atoms with Crippen molar-refractivity contribution in [3.8, 4) is 44.5 Å². The summed E-state index contributed by atoms with van der Waals surface area (Å²) in [5, 5.41) is 7.83. The lowest BCUT2D eigenvalue weighted by Crippen LogP contribution is -2.50. The largest absolute Gasteiger partial charge is 0.456 e. The highest BCUT2D eigenvalue weighted by atomic mass is 16.3. The number of para-hydroxylation sites is 1. The van der Waals surface area contributed by atoms with Crippen LogP contribution in [0, 0.1) is 0 Å². The summed E-state index contributed by atoms with van der Waals surface area (Å²) < 4.78 is 6.17. The van der Waals surface area contributed by atoms with Crippen molar-refractivity contribution in [2.24, 2.45) is 0 Å². The summed E-state index contributed by atoms with van der Waals surface area (Å²) >= 11 is 0. The molecule has 56 heavy (non-hydrogen) atoms. The Hall–Kier alpha value is -5.40. The summed E-state index contributed by atoms with van der Waals surface area (Å²) in [7, 11) is 18.7. The van der Waals surface area contributed by atoms with Gasteiger partial charge < -0.3 is 4.42 Å². The van der Waals surface area contributed by atoms with E-state index >= 15 is 0 Å². The van der Waals surface area contributed by atoms with Crippen LogP contribution in [-0.4, -0.2) is 62.8 Å². The minimum Gasteiger partial charge on any atom is -0.456 e. The van der Waals surface area contributed by atoms with Crippen LogP contribution in [0.15, 0.2) is 114 Å². The Bertz CT molecular complexity index is 3110. The van der Waals surface area contributed by atoms with E-state index in [4.69, 9.17) is 4.42 Å². The zero-order chi connectivity index (χ0) is 38.9. The Morgan fingerprint density at radius 3 is 1.50 bits per heavy atom. The van der Waals surface area contributed by atoms with Gasteiger partial charge in [0, 0.05) is 16.2 Å². The average Bonchev–Trinajstić information content (AvgIpc) is 3.71. The first-order valence-corrected chi connectivity index (χ1v) is 20.1. The standard InChI is InChI=1S/C47H40B8O/c1-47(2)28-11-5-3-9-25(28)33-26(10-7-12-29(33)47)34-37-35(39(48)43(52)45(54)41(37)50)32(36-38(34)42(51)46(55)44(53)40(36)49)22-16-14-21(15-17-22)23-18-19-31-27(20-23)24-8-4-6-13-30(24)56-31/h3-20H,48-55H2,1-2H3. The van der Waals surface area contributed by atoms with E-state index in [0.717, 1.165) is 21.9 Å². The summed E-state index contributed by atoms with van der Waals surface area (Å²) in [6, 6.07) is 40.5. The lowest BCUT2D eigenvalue weighted by molar-refractivity contribution is 0.660. The third-order valence-corrected chi connectivity index (χ3v) is 14.1. The molecular weight excluding hydrogens is 667 g/mol. The van der Waals surface area contributed by atoms with Gasteiger partial charge in [0.25, 0.3) is 0 Å². The van der Waals surface area contributed by atoms with E-state index in [1.807, 2.05) is 12.1 Å². The molecule has 258 valence electrons. The van der Waals surface area contributed by atoms with Gasteiger partial charge in [-0.25, -0.2) is 0 Å². The minimum absolute atomic E-state index is 0.0839. The van der Waals surface area contributed by atoms with Crippen molar-refractivity contribution in [3.63, 3.8) is 0 Å². The molecule has 9 aromatic rings. The van der Waals surface area contributed by atoms with Crippen LogP contribution in [0.3, 0.4) is 0 Å². The molecule has 0 spiro atoms. The van der Waals surface area contributed by atoms with Crippen LogP contribution in [0.5, 0.6) is 0 Å². The fraction of sp³-hybridized carbons (Fsp3) is 0.0638. The highest BCUT2D eigenvalue weighted by Crippen LogP contribution is 2.53. The third kappa shape index (κ3) is 4.67. The number of benzene rings is 8. The molecule has 0 aliphatic heterocycles. The summed E-state index contributed by atoms with van der Waals surface area (Å²) in [5.74, 6) is 0. The van der Waals surface area contributed by atoms with Crippen molar-refractivity contribution in [1.29, 1.82) is 0 Å². The SMILES string of the molecule is Bc1c(B)c(B)c2c(-c3cccc4c3-c3ccccc3C4(C)C)c3c(B)c(B)c(B)c(B)c3c(-c3ccc(-c4ccc5oc6ccccc6c5c4)cc3)c2c1B. The molecule has 1 nitrogen and oxygen atoms in total. The van der Waals surface area contributed by atoms with E-state index in [9.17, 15) is 0 Å². The average molecular weight is 707 g/mol. The monoisotopic (exact) mass is 708 g/mol. The molecule has 0 fully saturated rings. The topological polar surface area (TPSA) is 13.1 Å². The van der Waals surface area contributed by atoms with Crippen molar-refractivity contribution in [2.45, 2.75) is 19.3 Å². The fourth-order valence-electron chi connectivity index (χ4n) is 10.4. The van der Waals surface area contributed by atoms with Crippen LogP contribution >= 0.6 is 0 Å². The molecule has 0 radical (unpaired) electrons. The Morgan fingerprint density at radius 2 is 0.857 bits per heavy atom. The predicted octanol–water partition coefficient (Wildman–Crippen LogP) is -0.733. The zero-order valence-electron chi connectivity index (χ0n) is 34.3. The van der Waals surface area contributed by atoms with Crippen LogP contribution in [0.4, 0.5) is 0 Å². The second kappa shape index (κ2) is 12.3. The fourth-order valence-corrected chi connectivity index (χ4v) is 10.4. The summed E-state index contributed by atoms with van der Waals surface area (Å²) in [6.07, 6.45) is 0. The first kappa shape index (κ1) is 35.0. The number of hydrogen-bond donors (Lipinski definition) is 0. The van der Waals surface area contributed by atoms with Crippen LogP contribution in [0.1, 0.15) is 25.0 Å². The van der Waals surface area contributed by atoms with Crippen LogP contribution in [-0.2, 0) is 5.41 Å². The smallest absolute Gasteiger partial charge is 0.139 e. The van der Waals surface area contributed by atoms with Gasteiger partial charge in [-0.1, -0.05) is 127 Å². The molecular formula is C47H40B8O. The summed E-state index contributed by atoms with van der Waals surface area (Å²) in [6.45, 7) is 4.79. The summed E-state index contributed by atoms with van der Waals surface area (Å²) in [5.41, 5.74) is 26.1. The Balaban J connectivity index is 1.32. The summed E-state index contributed by atoms with van der Waals surface area (Å²) in [4.78, 5) is 0. The molecule has 0 saturated heterocycles. The Morgan fingerprint density at radius 1 is 0.375 bits per heavy atom. The van der Waals surface area contributed by atoms with Crippen LogP contribution < -0.4 is 43.7 Å². The molecule has 10 rings (SSSR count). The van der Waals surface area contributed by atoms with Crippen molar-refractivity contribution >= 4 is 150 Å². The van der Waals surface area contributed by atoms with Gasteiger partial charge in [-0.15, -0.1) is 21.9 Å². The van der Waals surface area contributed by atoms with E-state index in [2.05, 4.69) is 174 Å². The van der Waals surface area contributed by atoms with Crippen LogP contribution in [0.25, 0.3) is 88.0 Å². The number of fused-ring (bicyclic) bond motifs is 8. The molecule has 1 aromatic heterocycles. The van der Waals surface area contributed by atoms with Gasteiger partial charge in [0.1, 0.15) is 73.9 Å². The highest BCUT2D eigenvalue weighted by Gasteiger charge is 2.37. The highest BCUT2D eigenvalue weighted by molar-refractivity contribution is 6.71. The maximum Gasteiger partial charge on any atom is 0.139 e. The van der Waals surface area contributed by atoms with Gasteiger partial charge in [-0.2, -0.15) is 0 Å². The van der Waals surface area contributed by atoms with Crippen molar-refractivity contribution in [2.75, 3.05) is 0 Å². The molecule has 0 saturated carbocycles. The number of rotatable bonds is 3. The first-order chi connectivity index (χ1) is 26.9. The lowest BCUT2D eigenvalue weighted by Gasteiger charge is -2.29. The second-order valence-corrected chi connectivity index (χ2v) is 17.0. The Kier molecular flexibility index (Phi) is 7.70. The third-order valence-electron chi connectivity index (χ3n) is 14.1. The molecule has 8 aromatic carbocycles. The van der Waals surface area contributed by atoms with Gasteiger partial charge in [-0.3, -0.25) is 0 Å². The van der Waals surface area contributed by atoms with E-state index in [0.29, 0.717) is 0 Å². The molecule has 1 aliphatic rings. The molecule has 0 amide bonds. The predicted molar refractivity (Wildman–Crippen MR) is 268 cm³/mol. The molecule has 1 aliphatic carbocycles. The second-order valence-electron chi connectivity index (χ2n) is 17.0. The van der Waals surface area contributed by atoms with E-state index in [1.165, 1.54) is 121 Å². The van der Waals surface area contributed by atoms with Gasteiger partial charge in [0.05, 0.1) is 0 Å². The first-order valence-electron chi connectivity index (χ1n) is 20.1.